The van der Waals surface area contributed by atoms with Crippen molar-refractivity contribution in [3.8, 4) is 0 Å². The first-order chi connectivity index (χ1) is 5.18. The topological polar surface area (TPSA) is 12.5 Å². The molecule has 0 aromatic carbocycles. The molecule has 0 unspecified atom stereocenters. The Morgan fingerprint density at radius 2 is 2.27 bits per heavy atom. The summed E-state index contributed by atoms with van der Waals surface area (Å²) in [7, 11) is 1.93. The Hall–Kier alpha value is 0.200. The summed E-state index contributed by atoms with van der Waals surface area (Å²) in [6, 6.07) is 0. The summed E-state index contributed by atoms with van der Waals surface area (Å²) in [5, 5.41) is 0. The highest BCUT2D eigenvalue weighted by molar-refractivity contribution is 8.10. The van der Waals surface area contributed by atoms with Crippen LogP contribution in [0, 0.1) is 0 Å². The molecule has 0 aliphatic rings. The van der Waals surface area contributed by atoms with Gasteiger partial charge >= 0.3 is 0 Å². The maximum absolute atomic E-state index is 5.17. The fourth-order valence-electron chi connectivity index (χ4n) is 0.644. The van der Waals surface area contributed by atoms with Crippen molar-refractivity contribution in [3.05, 3.63) is 0 Å². The molecule has 0 atom stereocenters. The Morgan fingerprint density at radius 1 is 1.64 bits per heavy atom. The van der Waals surface area contributed by atoms with Gasteiger partial charge in [0, 0.05) is 26.8 Å². The second-order valence-electron chi connectivity index (χ2n) is 2.25. The lowest BCUT2D eigenvalue weighted by molar-refractivity contribution is 0.141. The number of hydrogen-bond acceptors (Lipinski definition) is 2. The largest absolute Gasteiger partial charge is 0.382 e. The van der Waals surface area contributed by atoms with Crippen molar-refractivity contribution in [2.75, 3.05) is 26.8 Å². The van der Waals surface area contributed by atoms with E-state index in [0.717, 1.165) is 26.2 Å². The molecule has 0 N–H and O–H groups in total. The lowest BCUT2D eigenvalue weighted by Gasteiger charge is -2.15. The Bertz CT molecular complexity index is 119. The van der Waals surface area contributed by atoms with Gasteiger partial charge in [-0.3, -0.25) is 0 Å². The minimum Gasteiger partial charge on any atom is -0.382 e. The zero-order chi connectivity index (χ0) is 8.69. The van der Waals surface area contributed by atoms with Gasteiger partial charge in [-0.1, -0.05) is 12.2 Å². The number of nitrogens with zero attached hydrogens (tertiary/aromatic N) is 1. The Labute approximate surface area is 79.3 Å². The highest BCUT2D eigenvalue weighted by Crippen LogP contribution is 1.94. The highest BCUT2D eigenvalue weighted by atomic mass is 32.1. The molecule has 0 saturated carbocycles. The van der Waals surface area contributed by atoms with Gasteiger partial charge in [0.25, 0.3) is 0 Å². The molecular weight excluding hydrogens is 178 g/mol. The molecular formula is C7H15NOS2. The van der Waals surface area contributed by atoms with E-state index in [1.54, 1.807) is 0 Å². The van der Waals surface area contributed by atoms with Crippen LogP contribution in [0.25, 0.3) is 0 Å². The third-order valence-electron chi connectivity index (χ3n) is 1.31. The predicted octanol–water partition coefficient (Wildman–Crippen LogP) is 1.56. The molecule has 0 bridgehead atoms. The molecule has 0 aliphatic carbocycles. The highest BCUT2D eigenvalue weighted by Gasteiger charge is 1.97. The van der Waals surface area contributed by atoms with Crippen molar-refractivity contribution in [1.29, 1.82) is 0 Å². The maximum Gasteiger partial charge on any atom is 0.133 e. The van der Waals surface area contributed by atoms with Crippen LogP contribution in [0.15, 0.2) is 0 Å². The van der Waals surface area contributed by atoms with Crippen LogP contribution >= 0.6 is 24.8 Å². The van der Waals surface area contributed by atoms with E-state index in [1.165, 1.54) is 0 Å². The van der Waals surface area contributed by atoms with E-state index >= 15 is 0 Å². The van der Waals surface area contributed by atoms with Gasteiger partial charge in [0.2, 0.25) is 0 Å². The molecule has 0 amide bonds. The molecule has 0 fully saturated rings. The van der Waals surface area contributed by atoms with Crippen molar-refractivity contribution < 1.29 is 4.74 Å². The summed E-state index contributed by atoms with van der Waals surface area (Å²) < 4.78 is 5.81. The van der Waals surface area contributed by atoms with Crippen LogP contribution in [-0.2, 0) is 4.74 Å². The third kappa shape index (κ3) is 6.59. The summed E-state index contributed by atoms with van der Waals surface area (Å²) in [5.74, 6) is 0. The molecule has 4 heteroatoms. The Morgan fingerprint density at radius 3 is 2.73 bits per heavy atom. The second-order valence-corrected chi connectivity index (χ2v) is 3.37. The molecule has 2 nitrogen and oxygen atoms in total. The smallest absolute Gasteiger partial charge is 0.133 e. The third-order valence-corrected chi connectivity index (χ3v) is 1.97. The van der Waals surface area contributed by atoms with Gasteiger partial charge in [0.1, 0.15) is 4.32 Å². The van der Waals surface area contributed by atoms with Gasteiger partial charge < -0.3 is 9.64 Å². The quantitative estimate of drug-likeness (QED) is 0.404. The van der Waals surface area contributed by atoms with Crippen LogP contribution < -0.4 is 0 Å². The van der Waals surface area contributed by atoms with E-state index in [-0.39, 0.29) is 0 Å². The number of rotatable bonds is 5. The first-order valence-electron chi connectivity index (χ1n) is 3.70. The van der Waals surface area contributed by atoms with Gasteiger partial charge in [0.05, 0.1) is 0 Å². The van der Waals surface area contributed by atoms with Crippen molar-refractivity contribution in [1.82, 2.24) is 4.90 Å². The predicted molar refractivity (Wildman–Crippen MR) is 55.3 cm³/mol. The first kappa shape index (κ1) is 11.2. The van der Waals surface area contributed by atoms with Crippen LogP contribution in [0.4, 0.5) is 0 Å². The molecule has 0 heterocycles. The normalized spacial score (nSPS) is 9.73. The second kappa shape index (κ2) is 6.88. The minimum atomic E-state index is 0.640. The van der Waals surface area contributed by atoms with Crippen molar-refractivity contribution in [3.63, 3.8) is 0 Å². The molecule has 0 saturated heterocycles. The monoisotopic (exact) mass is 193 g/mol. The van der Waals surface area contributed by atoms with E-state index in [1.807, 2.05) is 18.9 Å². The van der Waals surface area contributed by atoms with Crippen LogP contribution in [0.2, 0.25) is 0 Å². The van der Waals surface area contributed by atoms with Gasteiger partial charge in [-0.15, -0.1) is 12.6 Å². The minimum absolute atomic E-state index is 0.640. The number of thiocarbonyl (C=S) groups is 1. The number of hydrogen-bond donors (Lipinski definition) is 1. The zero-order valence-corrected chi connectivity index (χ0v) is 8.75. The van der Waals surface area contributed by atoms with Crippen molar-refractivity contribution in [2.24, 2.45) is 0 Å². The average Bonchev–Trinajstić information content (AvgIpc) is 1.97. The average molecular weight is 193 g/mol. The van der Waals surface area contributed by atoms with E-state index in [9.17, 15) is 0 Å². The van der Waals surface area contributed by atoms with Crippen LogP contribution in [0.3, 0.4) is 0 Å². The van der Waals surface area contributed by atoms with Gasteiger partial charge in [0.15, 0.2) is 0 Å². The number of ether oxygens (including phenoxy) is 1. The van der Waals surface area contributed by atoms with Crippen LogP contribution in [-0.4, -0.2) is 36.0 Å². The molecule has 0 aromatic rings. The fourth-order valence-corrected chi connectivity index (χ4v) is 0.835. The van der Waals surface area contributed by atoms with E-state index < -0.39 is 0 Å². The Balaban J connectivity index is 3.17. The molecule has 0 rings (SSSR count). The summed E-state index contributed by atoms with van der Waals surface area (Å²) in [5.41, 5.74) is 0. The van der Waals surface area contributed by atoms with Crippen LogP contribution in [0.5, 0.6) is 0 Å². The van der Waals surface area contributed by atoms with E-state index in [4.69, 9.17) is 17.0 Å². The molecule has 11 heavy (non-hydrogen) atoms. The van der Waals surface area contributed by atoms with Crippen molar-refractivity contribution in [2.45, 2.75) is 13.3 Å². The lowest BCUT2D eigenvalue weighted by atomic mass is 10.4. The van der Waals surface area contributed by atoms with Gasteiger partial charge in [-0.2, -0.15) is 0 Å². The SMILES string of the molecule is CCOCCCN(C)C(=S)S. The summed E-state index contributed by atoms with van der Waals surface area (Å²) >= 11 is 8.88. The molecule has 66 valence electrons. The maximum atomic E-state index is 5.17. The van der Waals surface area contributed by atoms with Gasteiger partial charge in [-0.25, -0.2) is 0 Å². The lowest BCUT2D eigenvalue weighted by Crippen LogP contribution is -2.22. The zero-order valence-electron chi connectivity index (χ0n) is 7.04. The van der Waals surface area contributed by atoms with E-state index in [2.05, 4.69) is 12.6 Å². The Kier molecular flexibility index (Phi) is 7.01. The molecule has 0 radical (unpaired) electrons. The molecule has 0 spiro atoms. The molecule has 0 aliphatic heterocycles. The van der Waals surface area contributed by atoms with Crippen LogP contribution in [0.1, 0.15) is 13.3 Å². The van der Waals surface area contributed by atoms with Gasteiger partial charge in [-0.05, 0) is 13.3 Å². The first-order valence-corrected chi connectivity index (χ1v) is 4.55. The summed E-state index contributed by atoms with van der Waals surface area (Å²) in [6.45, 7) is 4.50. The number of thiol groups is 1. The molecule has 0 aromatic heterocycles. The van der Waals surface area contributed by atoms with Crippen molar-refractivity contribution >= 4 is 29.2 Å². The fraction of sp³-hybridized carbons (Fsp3) is 0.857. The summed E-state index contributed by atoms with van der Waals surface area (Å²) in [4.78, 5) is 1.93. The van der Waals surface area contributed by atoms with E-state index in [0.29, 0.717) is 4.32 Å². The summed E-state index contributed by atoms with van der Waals surface area (Å²) in [6.07, 6.45) is 1.00. The standard InChI is InChI=1S/C7H15NOS2/c1-3-9-6-4-5-8(2)7(10)11/h3-6H2,1-2H3,(H,10,11).